The fraction of sp³-hybridized carbons (Fsp3) is 0.929. The molecule has 31 heteroatoms. The van der Waals surface area contributed by atoms with Crippen LogP contribution in [0.2, 0.25) is 0 Å². The third kappa shape index (κ3) is 13.2. The molecule has 0 saturated carbocycles. The molecule has 0 bridgehead atoms. The van der Waals surface area contributed by atoms with Crippen LogP contribution in [0.1, 0.15) is 41.5 Å². The van der Waals surface area contributed by atoms with E-state index in [1.807, 2.05) is 0 Å². The first-order chi connectivity index (χ1) is 34.3. The smallest absolute Gasteiger partial charge is 0.218 e. The highest BCUT2D eigenvalue weighted by Gasteiger charge is 2.59. The number of amides is 3. The number of ether oxygens (including phenoxy) is 11. The van der Waals surface area contributed by atoms with E-state index in [0.717, 1.165) is 20.8 Å². The Bertz CT molecular complexity index is 1810. The SMILES string of the molecule is CC(=O)N[C@@H]1[C@@H](O[C@@H]2O[C@@H](C)C(O)C(O)[C@@H]2O)[C@H](O[C@@H]2O[C@H](CO)[C@@H](O[C@@H]3O[C@H](CO)[C@@H](O)[C@H](O)[C@@H]3O)[C@H](O[C@@H]3O[C@@H](C)[C@@H](O)[C@@H](O)[C@@H]3O)[C@H]2NC(C)=O)[C@@H](CO[C@@H]2O[C@@H](C)[C@@H](O)[C@@H](O)[C@@H]2O)O[C@@H]1NC(C)=O. The molecule has 0 aliphatic carbocycles. The van der Waals surface area contributed by atoms with E-state index in [1.165, 1.54) is 20.8 Å². The lowest BCUT2D eigenvalue weighted by atomic mass is 9.92. The lowest BCUT2D eigenvalue weighted by molar-refractivity contribution is -0.386. The highest BCUT2D eigenvalue weighted by Crippen LogP contribution is 2.38. The summed E-state index contributed by atoms with van der Waals surface area (Å²) >= 11 is 0. The first-order valence-corrected chi connectivity index (χ1v) is 23.7. The lowest BCUT2D eigenvalue weighted by Gasteiger charge is -2.53. The fourth-order valence-electron chi connectivity index (χ4n) is 9.39. The Labute approximate surface area is 416 Å². The largest absolute Gasteiger partial charge is 0.394 e. The molecule has 30 atom stereocenters. The van der Waals surface area contributed by atoms with E-state index >= 15 is 0 Å². The molecule has 422 valence electrons. The Hall–Kier alpha value is -2.59. The van der Waals surface area contributed by atoms with Gasteiger partial charge in [-0.25, -0.2) is 0 Å². The molecule has 0 spiro atoms. The van der Waals surface area contributed by atoms with E-state index in [9.17, 15) is 85.9 Å². The van der Waals surface area contributed by atoms with Crippen molar-refractivity contribution >= 4 is 17.7 Å². The van der Waals surface area contributed by atoms with Gasteiger partial charge in [0.15, 0.2) is 37.7 Å². The third-order valence-corrected chi connectivity index (χ3v) is 13.5. The monoisotopic (exact) mass is 1070 g/mol. The number of carbonyl (C=O) groups excluding carboxylic acids is 3. The summed E-state index contributed by atoms with van der Waals surface area (Å²) < 4.78 is 66.7. The average Bonchev–Trinajstić information content (AvgIpc) is 3.33. The first-order valence-electron chi connectivity index (χ1n) is 23.7. The maximum atomic E-state index is 13.3. The minimum Gasteiger partial charge on any atom is -0.394 e. The Morgan fingerprint density at radius 2 is 0.740 bits per heavy atom. The normalized spacial score (nSPS) is 49.6. The molecule has 0 aromatic rings. The van der Waals surface area contributed by atoms with Crippen molar-refractivity contribution in [2.45, 2.75) is 226 Å². The zero-order valence-corrected chi connectivity index (χ0v) is 40.4. The molecule has 6 aliphatic heterocycles. The molecule has 73 heavy (non-hydrogen) atoms. The zero-order chi connectivity index (χ0) is 54.1. The maximum Gasteiger partial charge on any atom is 0.218 e. The molecule has 6 aliphatic rings. The molecular formula is C42H71N3O28. The Morgan fingerprint density at radius 3 is 1.21 bits per heavy atom. The van der Waals surface area contributed by atoms with Crippen molar-refractivity contribution in [1.29, 1.82) is 0 Å². The second-order valence-corrected chi connectivity index (χ2v) is 19.0. The molecule has 31 nitrogen and oxygen atoms in total. The van der Waals surface area contributed by atoms with Crippen LogP contribution in [-0.4, -0.2) is 293 Å². The van der Waals surface area contributed by atoms with Crippen LogP contribution in [0.3, 0.4) is 0 Å². The molecule has 2 unspecified atom stereocenters. The van der Waals surface area contributed by atoms with Crippen molar-refractivity contribution in [3.63, 3.8) is 0 Å². The summed E-state index contributed by atoms with van der Waals surface area (Å²) in [6, 6.07) is -3.42. The van der Waals surface area contributed by atoms with Crippen molar-refractivity contribution < 1.29 is 138 Å². The minimum absolute atomic E-state index is 0.743. The molecule has 6 saturated heterocycles. The molecule has 0 radical (unpaired) electrons. The van der Waals surface area contributed by atoms with Gasteiger partial charge < -0.3 is 140 Å². The van der Waals surface area contributed by atoms with Crippen LogP contribution in [-0.2, 0) is 66.5 Å². The van der Waals surface area contributed by atoms with Crippen molar-refractivity contribution in [3.8, 4) is 0 Å². The van der Waals surface area contributed by atoms with Crippen molar-refractivity contribution in [2.24, 2.45) is 0 Å². The summed E-state index contributed by atoms with van der Waals surface area (Å²) in [5, 5.41) is 158. The van der Waals surface area contributed by atoms with Crippen LogP contribution in [0.5, 0.6) is 0 Å². The summed E-state index contributed by atoms with van der Waals surface area (Å²) in [5.41, 5.74) is 0. The van der Waals surface area contributed by atoms with Crippen LogP contribution in [0.4, 0.5) is 0 Å². The quantitative estimate of drug-likeness (QED) is 0.0682. The third-order valence-electron chi connectivity index (χ3n) is 13.5. The number of rotatable bonds is 16. The summed E-state index contributed by atoms with van der Waals surface area (Å²) in [6.45, 7) is 4.42. The van der Waals surface area contributed by atoms with Gasteiger partial charge >= 0.3 is 0 Å². The molecule has 17 N–H and O–H groups in total. The fourth-order valence-corrected chi connectivity index (χ4v) is 9.39. The van der Waals surface area contributed by atoms with Gasteiger partial charge in [-0.05, 0) is 20.8 Å². The number of nitrogens with one attached hydrogen (secondary N) is 3. The topological polar surface area (TPSA) is 472 Å². The number of aliphatic hydroxyl groups is 14. The molecule has 3 amide bonds. The Morgan fingerprint density at radius 1 is 0.384 bits per heavy atom. The lowest BCUT2D eigenvalue weighted by Crippen LogP contribution is -2.73. The first kappa shape index (κ1) is 59.7. The minimum atomic E-state index is -2.08. The van der Waals surface area contributed by atoms with E-state index in [2.05, 4.69) is 16.0 Å². The zero-order valence-electron chi connectivity index (χ0n) is 40.4. The summed E-state index contributed by atoms with van der Waals surface area (Å²) in [7, 11) is 0. The number of aliphatic hydroxyl groups excluding tert-OH is 14. The highest BCUT2D eigenvalue weighted by molar-refractivity contribution is 5.75. The van der Waals surface area contributed by atoms with Gasteiger partial charge in [0, 0.05) is 20.8 Å². The predicted molar refractivity (Wildman–Crippen MR) is 230 cm³/mol. The van der Waals surface area contributed by atoms with E-state index < -0.39 is 222 Å². The van der Waals surface area contributed by atoms with Crippen LogP contribution in [0.25, 0.3) is 0 Å². The van der Waals surface area contributed by atoms with Gasteiger partial charge in [-0.3, -0.25) is 14.4 Å². The van der Waals surface area contributed by atoms with Gasteiger partial charge in [-0.15, -0.1) is 0 Å². The summed E-state index contributed by atoms with van der Waals surface area (Å²) in [5.74, 6) is -2.39. The van der Waals surface area contributed by atoms with Crippen molar-refractivity contribution in [3.05, 3.63) is 0 Å². The summed E-state index contributed by atoms with van der Waals surface area (Å²) in [4.78, 5) is 39.0. The van der Waals surface area contributed by atoms with Gasteiger partial charge in [-0.2, -0.15) is 0 Å². The molecule has 0 aromatic carbocycles. The summed E-state index contributed by atoms with van der Waals surface area (Å²) in [6.07, 6.45) is -49.7. The van der Waals surface area contributed by atoms with Gasteiger partial charge in [0.2, 0.25) is 17.7 Å². The van der Waals surface area contributed by atoms with E-state index in [0.29, 0.717) is 0 Å². The second-order valence-electron chi connectivity index (χ2n) is 19.0. The van der Waals surface area contributed by atoms with E-state index in [4.69, 9.17) is 52.1 Å². The van der Waals surface area contributed by atoms with Gasteiger partial charge in [0.1, 0.15) is 128 Å². The maximum absolute atomic E-state index is 13.3. The molecule has 0 aromatic heterocycles. The van der Waals surface area contributed by atoms with Crippen LogP contribution < -0.4 is 16.0 Å². The van der Waals surface area contributed by atoms with Crippen LogP contribution >= 0.6 is 0 Å². The molecule has 6 heterocycles. The Balaban J connectivity index is 1.48. The van der Waals surface area contributed by atoms with Gasteiger partial charge in [0.05, 0.1) is 38.1 Å². The standard InChI is InChI=1S/C42H71N3O28/c1-10-21(51)25(55)29(59)39(64-10)63-9-18-34(35(19(43-13(4)48)37(67-18)45-15(6)50)72-40-30(60)26(56)22(52)11(2)65-40)70-38-20(44-14(5)49)36(73-41-31(61)27(57)23(53)12(3)66-41)33(17(8-47)69-38)71-42-32(62)28(58)24(54)16(7-46)68-42/h10-12,16-42,46-47,51-62H,7-9H2,1-6H3,(H,43,48)(H,44,49)(H,45,50)/t10-,11-,12-,16+,17+,18+,19+,20+,21+,22?,23+,24+,25+,26?,27+,28-,29-,30-,31-,32-,33+,34+,35+,36+,37-,38-,39+,40-,41-,42-/m0/s1. The second kappa shape index (κ2) is 25.3. The Kier molecular flexibility index (Phi) is 20.6. The number of hydrogen-bond acceptors (Lipinski definition) is 28. The molecular weight excluding hydrogens is 994 g/mol. The van der Waals surface area contributed by atoms with Crippen molar-refractivity contribution in [1.82, 2.24) is 16.0 Å². The van der Waals surface area contributed by atoms with Gasteiger partial charge in [0.25, 0.3) is 0 Å². The van der Waals surface area contributed by atoms with Gasteiger partial charge in [-0.1, -0.05) is 0 Å². The number of carbonyl (C=O) groups is 3. The van der Waals surface area contributed by atoms with E-state index in [-0.39, 0.29) is 0 Å². The predicted octanol–water partition coefficient (Wildman–Crippen LogP) is -10.6. The van der Waals surface area contributed by atoms with Crippen LogP contribution in [0, 0.1) is 0 Å². The molecule has 6 fully saturated rings. The molecule has 6 rings (SSSR count). The highest BCUT2D eigenvalue weighted by atomic mass is 16.8. The number of hydrogen-bond donors (Lipinski definition) is 17. The van der Waals surface area contributed by atoms with Crippen molar-refractivity contribution in [2.75, 3.05) is 19.8 Å². The van der Waals surface area contributed by atoms with E-state index in [1.54, 1.807) is 0 Å². The van der Waals surface area contributed by atoms with Crippen LogP contribution in [0.15, 0.2) is 0 Å². The average molecular weight is 1070 g/mol.